The summed E-state index contributed by atoms with van der Waals surface area (Å²) in [5.41, 5.74) is 0.537. The molecule has 1 aromatic carbocycles. The van der Waals surface area contributed by atoms with Crippen molar-refractivity contribution in [3.05, 3.63) is 34.4 Å². The van der Waals surface area contributed by atoms with E-state index in [0.717, 1.165) is 51.5 Å². The molecule has 8 heteroatoms. The Kier molecular flexibility index (Phi) is 4.46. The fourth-order valence-corrected chi connectivity index (χ4v) is 4.23. The summed E-state index contributed by atoms with van der Waals surface area (Å²) < 4.78 is 21.5. The Bertz CT molecular complexity index is 1020. The SMILES string of the molecule is O=C(O)Oc1cn(C2CC2)c2cc(N3CCN(CC4CC4)CC3)c(F)cc2c1=O. The van der Waals surface area contributed by atoms with Crippen molar-refractivity contribution in [1.29, 1.82) is 0 Å². The van der Waals surface area contributed by atoms with E-state index in [-0.39, 0.29) is 17.2 Å². The summed E-state index contributed by atoms with van der Waals surface area (Å²) in [5, 5.41) is 9.06. The van der Waals surface area contributed by atoms with Crippen molar-refractivity contribution in [2.75, 3.05) is 37.6 Å². The van der Waals surface area contributed by atoms with Gasteiger partial charge in [0.2, 0.25) is 5.43 Å². The molecule has 2 aromatic rings. The summed E-state index contributed by atoms with van der Waals surface area (Å²) in [4.78, 5) is 28.1. The summed E-state index contributed by atoms with van der Waals surface area (Å²) in [6, 6.07) is 3.16. The molecule has 0 spiro atoms. The van der Waals surface area contributed by atoms with Gasteiger partial charge in [-0.25, -0.2) is 9.18 Å². The van der Waals surface area contributed by atoms with Gasteiger partial charge in [-0.05, 0) is 43.7 Å². The van der Waals surface area contributed by atoms with Gasteiger partial charge in [0.05, 0.1) is 22.8 Å². The zero-order chi connectivity index (χ0) is 20.1. The van der Waals surface area contributed by atoms with E-state index in [0.29, 0.717) is 11.2 Å². The standard InChI is InChI=1S/C21H24FN3O4/c22-16-9-15-17(25(14-3-4-14)12-19(20(15)26)29-21(27)28)10-18(16)24-7-5-23(6-8-24)11-13-1-2-13/h9-10,12-14H,1-8,11H2,(H,27,28). The first-order chi connectivity index (χ1) is 14.0. The van der Waals surface area contributed by atoms with Crippen LogP contribution < -0.4 is 15.1 Å². The molecule has 5 rings (SSSR count). The van der Waals surface area contributed by atoms with E-state index in [4.69, 9.17) is 5.11 Å². The highest BCUT2D eigenvalue weighted by molar-refractivity contribution is 5.85. The summed E-state index contributed by atoms with van der Waals surface area (Å²) in [6.07, 6.45) is 4.43. The van der Waals surface area contributed by atoms with E-state index in [1.807, 2.05) is 9.47 Å². The quantitative estimate of drug-likeness (QED) is 0.777. The Hall–Kier alpha value is -2.61. The number of carbonyl (C=O) groups is 1. The van der Waals surface area contributed by atoms with Gasteiger partial charge < -0.3 is 19.3 Å². The van der Waals surface area contributed by atoms with Crippen molar-refractivity contribution in [3.8, 4) is 5.75 Å². The number of aromatic nitrogens is 1. The van der Waals surface area contributed by atoms with Crippen molar-refractivity contribution in [2.24, 2.45) is 5.92 Å². The molecule has 7 nitrogen and oxygen atoms in total. The van der Waals surface area contributed by atoms with Gasteiger partial charge in [0.25, 0.3) is 0 Å². The molecule has 2 aliphatic carbocycles. The molecule has 3 aliphatic rings. The van der Waals surface area contributed by atoms with E-state index in [1.165, 1.54) is 25.1 Å². The third-order valence-electron chi connectivity index (χ3n) is 6.13. The first-order valence-corrected chi connectivity index (χ1v) is 10.3. The number of pyridine rings is 1. The highest BCUT2D eigenvalue weighted by Crippen LogP contribution is 2.39. The predicted molar refractivity (Wildman–Crippen MR) is 106 cm³/mol. The largest absolute Gasteiger partial charge is 0.511 e. The fraction of sp³-hybridized carbons (Fsp3) is 0.524. The van der Waals surface area contributed by atoms with E-state index in [2.05, 4.69) is 9.64 Å². The number of ether oxygens (including phenoxy) is 1. The van der Waals surface area contributed by atoms with Crippen LogP contribution in [0, 0.1) is 11.7 Å². The second kappa shape index (κ2) is 7.02. The van der Waals surface area contributed by atoms with Crippen LogP contribution in [0.4, 0.5) is 14.9 Å². The molecular formula is C21H24FN3O4. The monoisotopic (exact) mass is 401 g/mol. The Morgan fingerprint density at radius 3 is 2.48 bits per heavy atom. The lowest BCUT2D eigenvalue weighted by atomic mass is 10.1. The predicted octanol–water partition coefficient (Wildman–Crippen LogP) is 3.06. The van der Waals surface area contributed by atoms with Crippen LogP contribution in [0.3, 0.4) is 0 Å². The molecule has 1 aliphatic heterocycles. The maximum absolute atomic E-state index is 15.0. The maximum Gasteiger partial charge on any atom is 0.511 e. The van der Waals surface area contributed by atoms with Gasteiger partial charge in [-0.3, -0.25) is 9.69 Å². The molecular weight excluding hydrogens is 377 g/mol. The van der Waals surface area contributed by atoms with Gasteiger partial charge in [-0.2, -0.15) is 0 Å². The number of hydrogen-bond acceptors (Lipinski definition) is 5. The van der Waals surface area contributed by atoms with E-state index in [1.54, 1.807) is 6.07 Å². The highest BCUT2D eigenvalue weighted by Gasteiger charge is 2.29. The van der Waals surface area contributed by atoms with Crippen molar-refractivity contribution < 1.29 is 19.0 Å². The average Bonchev–Trinajstić information content (AvgIpc) is 3.59. The number of piperazine rings is 1. The van der Waals surface area contributed by atoms with Crippen LogP contribution in [0.2, 0.25) is 0 Å². The lowest BCUT2D eigenvalue weighted by molar-refractivity contribution is 0.143. The molecule has 0 unspecified atom stereocenters. The smallest absolute Gasteiger partial charge is 0.449 e. The molecule has 3 fully saturated rings. The number of nitrogens with zero attached hydrogens (tertiary/aromatic N) is 3. The van der Waals surface area contributed by atoms with Crippen LogP contribution in [0.1, 0.15) is 31.7 Å². The van der Waals surface area contributed by atoms with Crippen molar-refractivity contribution in [3.63, 3.8) is 0 Å². The Balaban J connectivity index is 1.49. The van der Waals surface area contributed by atoms with Gasteiger partial charge in [-0.1, -0.05) is 0 Å². The van der Waals surface area contributed by atoms with Gasteiger partial charge in [0.15, 0.2) is 5.75 Å². The number of hydrogen-bond donors (Lipinski definition) is 1. The Morgan fingerprint density at radius 1 is 1.14 bits per heavy atom. The highest BCUT2D eigenvalue weighted by atomic mass is 19.1. The number of fused-ring (bicyclic) bond motifs is 1. The number of rotatable bonds is 5. The van der Waals surface area contributed by atoms with Crippen molar-refractivity contribution >= 4 is 22.7 Å². The minimum Gasteiger partial charge on any atom is -0.449 e. The zero-order valence-electron chi connectivity index (χ0n) is 16.1. The molecule has 0 bridgehead atoms. The van der Waals surface area contributed by atoms with Crippen LogP contribution in [-0.2, 0) is 0 Å². The third kappa shape index (κ3) is 3.69. The first kappa shape index (κ1) is 18.4. The molecule has 0 amide bonds. The second-order valence-electron chi connectivity index (χ2n) is 8.38. The van der Waals surface area contributed by atoms with E-state index in [9.17, 15) is 14.0 Å². The number of carboxylic acid groups (broad SMARTS) is 1. The lowest BCUT2D eigenvalue weighted by Crippen LogP contribution is -2.47. The van der Waals surface area contributed by atoms with Crippen molar-refractivity contribution in [2.45, 2.75) is 31.7 Å². The lowest BCUT2D eigenvalue weighted by Gasteiger charge is -2.36. The summed E-state index contributed by atoms with van der Waals surface area (Å²) in [5.74, 6) is 0.104. The molecule has 2 heterocycles. The molecule has 1 saturated heterocycles. The zero-order valence-corrected chi connectivity index (χ0v) is 16.1. The molecule has 1 aromatic heterocycles. The number of benzene rings is 1. The number of halogens is 1. The van der Waals surface area contributed by atoms with Gasteiger partial charge in [0, 0.05) is 38.8 Å². The third-order valence-corrected chi connectivity index (χ3v) is 6.13. The van der Waals surface area contributed by atoms with E-state index < -0.39 is 17.4 Å². The molecule has 0 atom stereocenters. The molecule has 154 valence electrons. The topological polar surface area (TPSA) is 75.0 Å². The van der Waals surface area contributed by atoms with E-state index >= 15 is 0 Å². The summed E-state index contributed by atoms with van der Waals surface area (Å²) in [7, 11) is 0. The normalized spacial score (nSPS) is 20.2. The molecule has 2 saturated carbocycles. The second-order valence-corrected chi connectivity index (χ2v) is 8.38. The van der Waals surface area contributed by atoms with Gasteiger partial charge >= 0.3 is 6.16 Å². The summed E-state index contributed by atoms with van der Waals surface area (Å²) >= 11 is 0. The molecule has 1 N–H and O–H groups in total. The van der Waals surface area contributed by atoms with Crippen LogP contribution in [0.15, 0.2) is 23.1 Å². The van der Waals surface area contributed by atoms with Crippen LogP contribution in [-0.4, -0.2) is 53.5 Å². The Labute approximate surface area is 167 Å². The van der Waals surface area contributed by atoms with Crippen LogP contribution >= 0.6 is 0 Å². The van der Waals surface area contributed by atoms with Gasteiger partial charge in [-0.15, -0.1) is 0 Å². The Morgan fingerprint density at radius 2 is 1.86 bits per heavy atom. The van der Waals surface area contributed by atoms with Gasteiger partial charge in [0.1, 0.15) is 5.82 Å². The number of anilines is 1. The van der Waals surface area contributed by atoms with Crippen LogP contribution in [0.5, 0.6) is 5.75 Å². The minimum atomic E-state index is -1.55. The maximum atomic E-state index is 15.0. The summed E-state index contributed by atoms with van der Waals surface area (Å²) in [6.45, 7) is 4.47. The van der Waals surface area contributed by atoms with Crippen LogP contribution in [0.25, 0.3) is 10.9 Å². The first-order valence-electron chi connectivity index (χ1n) is 10.3. The fourth-order valence-electron chi connectivity index (χ4n) is 4.23. The molecule has 29 heavy (non-hydrogen) atoms. The minimum absolute atomic E-state index is 0.157. The molecule has 0 radical (unpaired) electrons. The average molecular weight is 401 g/mol. The van der Waals surface area contributed by atoms with Crippen molar-refractivity contribution in [1.82, 2.24) is 9.47 Å².